The van der Waals surface area contributed by atoms with Crippen molar-refractivity contribution in [3.63, 3.8) is 0 Å². The molecule has 33 heavy (non-hydrogen) atoms. The number of imidazole rings is 1. The van der Waals surface area contributed by atoms with Crippen molar-refractivity contribution >= 4 is 0 Å². The second-order valence-corrected chi connectivity index (χ2v) is 9.13. The largest absolute Gasteiger partial charge is 0.294 e. The fourth-order valence-electron chi connectivity index (χ4n) is 5.00. The predicted molar refractivity (Wildman–Crippen MR) is 135 cm³/mol. The van der Waals surface area contributed by atoms with Crippen LogP contribution in [0.2, 0.25) is 0 Å². The molecule has 0 saturated heterocycles. The zero-order valence-corrected chi connectivity index (χ0v) is 19.1. The number of benzene rings is 4. The molecular weight excluding hydrogens is 400 g/mol. The Labute approximate surface area is 195 Å². The zero-order valence-electron chi connectivity index (χ0n) is 19.1. The van der Waals surface area contributed by atoms with Crippen LogP contribution >= 0.6 is 0 Å². The fraction of sp³-hybridized carbons (Fsp3) is 0.129. The van der Waals surface area contributed by atoms with Crippen LogP contribution in [-0.2, 0) is 6.54 Å². The fourth-order valence-corrected chi connectivity index (χ4v) is 5.00. The van der Waals surface area contributed by atoms with Gasteiger partial charge in [-0.25, -0.2) is 4.57 Å². The standard InChI is InChI=1S/C31H27N2/c1-22(2)26-19-28(23-11-5-3-6-12-23)30(29(20-26)24-13-7-4-8-14-24)33-18-17-32-21-25-15-9-10-16-27(25)31(32)33/h3-20,22H,21H2,1-2H3/q+1. The van der Waals surface area contributed by atoms with Crippen LogP contribution in [0.3, 0.4) is 0 Å². The van der Waals surface area contributed by atoms with E-state index in [1.165, 1.54) is 50.5 Å². The van der Waals surface area contributed by atoms with Gasteiger partial charge in [0.2, 0.25) is 0 Å². The van der Waals surface area contributed by atoms with E-state index in [1.807, 2.05) is 0 Å². The van der Waals surface area contributed by atoms with Gasteiger partial charge in [0, 0.05) is 16.7 Å². The molecule has 0 amide bonds. The van der Waals surface area contributed by atoms with Gasteiger partial charge < -0.3 is 0 Å². The molecule has 0 radical (unpaired) electrons. The Morgan fingerprint density at radius 2 is 1.27 bits per heavy atom. The van der Waals surface area contributed by atoms with Crippen molar-refractivity contribution in [3.8, 4) is 39.3 Å². The second kappa shape index (κ2) is 7.90. The van der Waals surface area contributed by atoms with Crippen LogP contribution in [-0.4, -0.2) is 4.57 Å². The molecule has 0 fully saturated rings. The van der Waals surface area contributed by atoms with Gasteiger partial charge in [-0.2, -0.15) is 4.57 Å². The zero-order chi connectivity index (χ0) is 22.4. The first-order valence-electron chi connectivity index (χ1n) is 11.7. The van der Waals surface area contributed by atoms with Crippen molar-refractivity contribution < 1.29 is 4.57 Å². The molecule has 0 unspecified atom stereocenters. The molecule has 6 rings (SSSR count). The quantitative estimate of drug-likeness (QED) is 0.262. The van der Waals surface area contributed by atoms with Crippen molar-refractivity contribution in [2.45, 2.75) is 26.3 Å². The van der Waals surface area contributed by atoms with Crippen LogP contribution < -0.4 is 4.57 Å². The lowest BCUT2D eigenvalue weighted by molar-refractivity contribution is -0.671. The molecule has 0 N–H and O–H groups in total. The van der Waals surface area contributed by atoms with E-state index in [9.17, 15) is 0 Å². The molecule has 0 spiro atoms. The van der Waals surface area contributed by atoms with Crippen molar-refractivity contribution in [3.05, 3.63) is 121 Å². The van der Waals surface area contributed by atoms with Crippen LogP contribution in [0.15, 0.2) is 109 Å². The van der Waals surface area contributed by atoms with Crippen LogP contribution in [0.5, 0.6) is 0 Å². The highest BCUT2D eigenvalue weighted by molar-refractivity contribution is 5.87. The van der Waals surface area contributed by atoms with Gasteiger partial charge in [0.25, 0.3) is 5.82 Å². The number of rotatable bonds is 4. The third-order valence-electron chi connectivity index (χ3n) is 6.70. The lowest BCUT2D eigenvalue weighted by Crippen LogP contribution is -2.30. The summed E-state index contributed by atoms with van der Waals surface area (Å²) in [5.41, 5.74) is 10.3. The van der Waals surface area contributed by atoms with Gasteiger partial charge in [-0.05, 0) is 40.8 Å². The summed E-state index contributed by atoms with van der Waals surface area (Å²) < 4.78 is 4.77. The van der Waals surface area contributed by atoms with Crippen molar-refractivity contribution in [2.24, 2.45) is 0 Å². The summed E-state index contributed by atoms with van der Waals surface area (Å²) in [7, 11) is 0. The lowest BCUT2D eigenvalue weighted by Gasteiger charge is -2.18. The topological polar surface area (TPSA) is 8.81 Å². The predicted octanol–water partition coefficient (Wildman–Crippen LogP) is 7.25. The van der Waals surface area contributed by atoms with Crippen LogP contribution in [0.1, 0.15) is 30.9 Å². The summed E-state index contributed by atoms with van der Waals surface area (Å²) in [6.07, 6.45) is 4.45. The van der Waals surface area contributed by atoms with Crippen molar-refractivity contribution in [1.29, 1.82) is 0 Å². The molecule has 0 aliphatic carbocycles. The Balaban J connectivity index is 1.71. The van der Waals surface area contributed by atoms with E-state index in [4.69, 9.17) is 0 Å². The van der Waals surface area contributed by atoms with E-state index < -0.39 is 0 Å². The number of nitrogens with zero attached hydrogens (tertiary/aromatic N) is 2. The SMILES string of the molecule is CC(C)c1cc(-c2ccccc2)c(-n2cc[n+]3c2-c2ccccc2C3)c(-c2ccccc2)c1. The van der Waals surface area contributed by atoms with Gasteiger partial charge in [0.1, 0.15) is 24.6 Å². The molecule has 0 bridgehead atoms. The Bertz CT molecular complexity index is 1380. The third-order valence-corrected chi connectivity index (χ3v) is 6.70. The molecular formula is C31H27N2+. The summed E-state index contributed by atoms with van der Waals surface area (Å²) in [5.74, 6) is 1.69. The van der Waals surface area contributed by atoms with Gasteiger partial charge in [0.15, 0.2) is 0 Å². The smallest absolute Gasteiger partial charge is 0.225 e. The van der Waals surface area contributed by atoms with E-state index in [2.05, 4.69) is 132 Å². The highest BCUT2D eigenvalue weighted by Crippen LogP contribution is 2.41. The molecule has 0 saturated carbocycles. The summed E-state index contributed by atoms with van der Waals surface area (Å²) in [6, 6.07) is 35.2. The summed E-state index contributed by atoms with van der Waals surface area (Å²) in [4.78, 5) is 0. The van der Waals surface area contributed by atoms with E-state index in [1.54, 1.807) is 0 Å². The Kier molecular flexibility index (Phi) is 4.73. The molecule has 2 heterocycles. The highest BCUT2D eigenvalue weighted by atomic mass is 15.2. The van der Waals surface area contributed by atoms with Gasteiger partial charge in [-0.3, -0.25) is 0 Å². The monoisotopic (exact) mass is 427 g/mol. The molecule has 0 atom stereocenters. The second-order valence-electron chi connectivity index (χ2n) is 9.13. The van der Waals surface area contributed by atoms with Gasteiger partial charge in [-0.1, -0.05) is 92.7 Å². The maximum atomic E-state index is 2.40. The van der Waals surface area contributed by atoms with Crippen molar-refractivity contribution in [1.82, 2.24) is 4.57 Å². The summed E-state index contributed by atoms with van der Waals surface area (Å²) in [5, 5.41) is 0. The van der Waals surface area contributed by atoms with Crippen LogP contribution in [0.25, 0.3) is 39.3 Å². The minimum Gasteiger partial charge on any atom is -0.225 e. The number of fused-ring (bicyclic) bond motifs is 3. The maximum Gasteiger partial charge on any atom is 0.294 e. The summed E-state index contributed by atoms with van der Waals surface area (Å²) in [6.45, 7) is 5.47. The van der Waals surface area contributed by atoms with Crippen LogP contribution in [0.4, 0.5) is 0 Å². The Morgan fingerprint density at radius 1 is 0.697 bits per heavy atom. The molecule has 160 valence electrons. The molecule has 2 heteroatoms. The first-order chi connectivity index (χ1) is 16.2. The van der Waals surface area contributed by atoms with Crippen molar-refractivity contribution in [2.75, 3.05) is 0 Å². The average molecular weight is 428 g/mol. The number of hydrogen-bond donors (Lipinski definition) is 0. The summed E-state index contributed by atoms with van der Waals surface area (Å²) >= 11 is 0. The van der Waals surface area contributed by atoms with E-state index >= 15 is 0 Å². The Morgan fingerprint density at radius 3 is 1.88 bits per heavy atom. The first kappa shape index (κ1) is 19.8. The Hall–Kier alpha value is -3.91. The van der Waals surface area contributed by atoms with E-state index in [-0.39, 0.29) is 0 Å². The molecule has 2 nitrogen and oxygen atoms in total. The highest BCUT2D eigenvalue weighted by Gasteiger charge is 2.32. The molecule has 1 aliphatic heterocycles. The normalized spacial score (nSPS) is 12.1. The van der Waals surface area contributed by atoms with Gasteiger partial charge >= 0.3 is 0 Å². The molecule has 5 aromatic rings. The molecule has 1 aliphatic rings. The van der Waals surface area contributed by atoms with E-state index in [0.29, 0.717) is 5.92 Å². The minimum atomic E-state index is 0.439. The molecule has 4 aromatic carbocycles. The average Bonchev–Trinajstić information content (AvgIpc) is 3.44. The van der Waals surface area contributed by atoms with Gasteiger partial charge in [-0.15, -0.1) is 0 Å². The van der Waals surface area contributed by atoms with Crippen LogP contribution in [0, 0.1) is 0 Å². The minimum absolute atomic E-state index is 0.439. The first-order valence-corrected chi connectivity index (χ1v) is 11.7. The maximum absolute atomic E-state index is 2.40. The molecule has 1 aromatic heterocycles. The van der Waals surface area contributed by atoms with Gasteiger partial charge in [0.05, 0.1) is 5.56 Å². The number of aromatic nitrogens is 2. The third kappa shape index (κ3) is 3.30. The van der Waals surface area contributed by atoms with E-state index in [0.717, 1.165) is 6.54 Å². The lowest BCUT2D eigenvalue weighted by atomic mass is 9.89. The number of hydrogen-bond acceptors (Lipinski definition) is 0.